The van der Waals surface area contributed by atoms with Crippen molar-refractivity contribution in [3.63, 3.8) is 0 Å². The molecule has 1 saturated carbocycles. The Morgan fingerprint density at radius 2 is 1.90 bits per heavy atom. The maximum Gasteiger partial charge on any atom is 0.164 e. The Kier molecular flexibility index (Phi) is 3.94. The summed E-state index contributed by atoms with van der Waals surface area (Å²) in [7, 11) is 0. The van der Waals surface area contributed by atoms with E-state index in [0.717, 1.165) is 45.8 Å². The van der Waals surface area contributed by atoms with Gasteiger partial charge >= 0.3 is 0 Å². The minimum atomic E-state index is 0.559. The van der Waals surface area contributed by atoms with Crippen LogP contribution in [0, 0.1) is 0 Å². The van der Waals surface area contributed by atoms with E-state index in [4.69, 9.17) is 0 Å². The van der Waals surface area contributed by atoms with E-state index in [0.29, 0.717) is 6.04 Å². The standard InChI is InChI=1S/C24H20N6/c1-3-18(24-28-27-16-30(24)20-6-7-20)13-21(4-1)29-11-8-17(9-12-29)19-14-23-22(26-15-19)5-2-10-25-23/h1-5,8-11,13-16,20H,6-7,12H2. The van der Waals surface area contributed by atoms with Crippen molar-refractivity contribution in [1.29, 1.82) is 0 Å². The molecule has 1 aliphatic carbocycles. The fourth-order valence-electron chi connectivity index (χ4n) is 3.91. The van der Waals surface area contributed by atoms with Crippen molar-refractivity contribution in [2.24, 2.45) is 0 Å². The highest BCUT2D eigenvalue weighted by atomic mass is 15.3. The molecule has 4 heterocycles. The third-order valence-electron chi connectivity index (χ3n) is 5.68. The molecule has 4 aromatic rings. The third-order valence-corrected chi connectivity index (χ3v) is 5.68. The third kappa shape index (κ3) is 3.06. The summed E-state index contributed by atoms with van der Waals surface area (Å²) in [5, 5.41) is 8.49. The second-order valence-corrected chi connectivity index (χ2v) is 7.74. The SMILES string of the molecule is C1=CN(c2cccc(-c3nncn3C3CC3)c2)CC=C1c1cnc2cccnc2c1. The van der Waals surface area contributed by atoms with E-state index in [9.17, 15) is 0 Å². The summed E-state index contributed by atoms with van der Waals surface area (Å²) in [6, 6.07) is 15.1. The highest BCUT2D eigenvalue weighted by Gasteiger charge is 2.26. The number of hydrogen-bond acceptors (Lipinski definition) is 5. The minimum absolute atomic E-state index is 0.559. The molecule has 6 nitrogen and oxygen atoms in total. The van der Waals surface area contributed by atoms with Gasteiger partial charge in [-0.05, 0) is 54.8 Å². The van der Waals surface area contributed by atoms with E-state index >= 15 is 0 Å². The van der Waals surface area contributed by atoms with Crippen LogP contribution in [0.25, 0.3) is 28.0 Å². The van der Waals surface area contributed by atoms with Crippen LogP contribution >= 0.6 is 0 Å². The number of anilines is 1. The minimum Gasteiger partial charge on any atom is -0.344 e. The van der Waals surface area contributed by atoms with Crippen LogP contribution in [0.3, 0.4) is 0 Å². The molecule has 0 saturated heterocycles. The Bertz CT molecular complexity index is 1300. The lowest BCUT2D eigenvalue weighted by Crippen LogP contribution is -2.18. The van der Waals surface area contributed by atoms with Crippen LogP contribution in [0.5, 0.6) is 0 Å². The lowest BCUT2D eigenvalue weighted by Gasteiger charge is -2.23. The number of allylic oxidation sites excluding steroid dienone is 2. The van der Waals surface area contributed by atoms with Crippen LogP contribution in [0.4, 0.5) is 5.69 Å². The molecular formula is C24H20N6. The molecule has 1 fully saturated rings. The zero-order valence-corrected chi connectivity index (χ0v) is 16.4. The Hall–Kier alpha value is -3.80. The molecule has 0 unspecified atom stereocenters. The summed E-state index contributed by atoms with van der Waals surface area (Å²) < 4.78 is 2.20. The molecule has 3 aromatic heterocycles. The van der Waals surface area contributed by atoms with E-state index in [1.807, 2.05) is 24.7 Å². The predicted molar refractivity (Wildman–Crippen MR) is 118 cm³/mol. The van der Waals surface area contributed by atoms with Crippen molar-refractivity contribution in [3.8, 4) is 11.4 Å². The Balaban J connectivity index is 1.25. The van der Waals surface area contributed by atoms with Gasteiger partial charge in [-0.15, -0.1) is 10.2 Å². The van der Waals surface area contributed by atoms with Crippen LogP contribution in [0.2, 0.25) is 0 Å². The first-order chi connectivity index (χ1) is 14.8. The summed E-state index contributed by atoms with van der Waals surface area (Å²) in [6.45, 7) is 0.796. The van der Waals surface area contributed by atoms with Crippen molar-refractivity contribution < 1.29 is 0 Å². The van der Waals surface area contributed by atoms with Crippen molar-refractivity contribution >= 4 is 22.3 Å². The molecule has 0 radical (unpaired) electrons. The fourth-order valence-corrected chi connectivity index (χ4v) is 3.91. The summed E-state index contributed by atoms with van der Waals surface area (Å²) in [5.41, 5.74) is 6.32. The van der Waals surface area contributed by atoms with Crippen molar-refractivity contribution in [2.45, 2.75) is 18.9 Å². The fraction of sp³-hybridized carbons (Fsp3) is 0.167. The van der Waals surface area contributed by atoms with Gasteiger partial charge in [-0.25, -0.2) is 0 Å². The summed E-state index contributed by atoms with van der Waals surface area (Å²) in [4.78, 5) is 11.2. The molecule has 0 N–H and O–H groups in total. The first kappa shape index (κ1) is 17.1. The molecule has 1 aliphatic heterocycles. The number of hydrogen-bond donors (Lipinski definition) is 0. The molecule has 30 heavy (non-hydrogen) atoms. The van der Waals surface area contributed by atoms with Crippen molar-refractivity contribution in [3.05, 3.63) is 85.1 Å². The summed E-state index contributed by atoms with van der Waals surface area (Å²) >= 11 is 0. The molecule has 2 aliphatic rings. The van der Waals surface area contributed by atoms with Crippen molar-refractivity contribution in [2.75, 3.05) is 11.4 Å². The van der Waals surface area contributed by atoms with Gasteiger partial charge in [0, 0.05) is 48.0 Å². The molecule has 0 atom stereocenters. The monoisotopic (exact) mass is 392 g/mol. The highest BCUT2D eigenvalue weighted by Crippen LogP contribution is 2.38. The molecule has 146 valence electrons. The zero-order chi connectivity index (χ0) is 19.9. The summed E-state index contributed by atoms with van der Waals surface area (Å²) in [6.07, 6.45) is 14.5. The number of benzene rings is 1. The topological polar surface area (TPSA) is 59.7 Å². The molecule has 0 amide bonds. The van der Waals surface area contributed by atoms with E-state index in [2.05, 4.69) is 78.3 Å². The quantitative estimate of drug-likeness (QED) is 0.506. The van der Waals surface area contributed by atoms with E-state index in [1.54, 1.807) is 6.20 Å². The number of rotatable bonds is 4. The normalized spacial score (nSPS) is 16.1. The second-order valence-electron chi connectivity index (χ2n) is 7.74. The van der Waals surface area contributed by atoms with E-state index in [-0.39, 0.29) is 0 Å². The summed E-state index contributed by atoms with van der Waals surface area (Å²) in [5.74, 6) is 0.950. The predicted octanol–water partition coefficient (Wildman–Crippen LogP) is 4.64. The van der Waals surface area contributed by atoms with Crippen LogP contribution in [0.1, 0.15) is 24.4 Å². The second kappa shape index (κ2) is 6.91. The van der Waals surface area contributed by atoms with Gasteiger partial charge in [0.05, 0.1) is 11.0 Å². The molecule has 0 spiro atoms. The maximum atomic E-state index is 4.54. The first-order valence-corrected chi connectivity index (χ1v) is 10.2. The molecule has 1 aromatic carbocycles. The lowest BCUT2D eigenvalue weighted by molar-refractivity contribution is 0.746. The van der Waals surface area contributed by atoms with Crippen LogP contribution < -0.4 is 4.90 Å². The van der Waals surface area contributed by atoms with Gasteiger partial charge in [-0.3, -0.25) is 9.97 Å². The Labute approximate surface area is 174 Å². The van der Waals surface area contributed by atoms with E-state index in [1.165, 1.54) is 12.8 Å². The van der Waals surface area contributed by atoms with Gasteiger partial charge in [0.1, 0.15) is 6.33 Å². The van der Waals surface area contributed by atoms with Gasteiger partial charge in [0.2, 0.25) is 0 Å². The van der Waals surface area contributed by atoms with Crippen LogP contribution in [0.15, 0.2) is 79.5 Å². The van der Waals surface area contributed by atoms with Gasteiger partial charge in [0.25, 0.3) is 0 Å². The van der Waals surface area contributed by atoms with Crippen molar-refractivity contribution in [1.82, 2.24) is 24.7 Å². The first-order valence-electron chi connectivity index (χ1n) is 10.2. The van der Waals surface area contributed by atoms with Gasteiger partial charge in [-0.2, -0.15) is 0 Å². The van der Waals surface area contributed by atoms with Crippen LogP contribution in [-0.2, 0) is 0 Å². The molecular weight excluding hydrogens is 372 g/mol. The smallest absolute Gasteiger partial charge is 0.164 e. The maximum absolute atomic E-state index is 4.54. The van der Waals surface area contributed by atoms with Gasteiger partial charge in [0.15, 0.2) is 5.82 Å². The van der Waals surface area contributed by atoms with E-state index < -0.39 is 0 Å². The van der Waals surface area contributed by atoms with Gasteiger partial charge in [-0.1, -0.05) is 18.2 Å². The number of nitrogens with zero attached hydrogens (tertiary/aromatic N) is 6. The number of fused-ring (bicyclic) bond motifs is 1. The number of aromatic nitrogens is 5. The largest absolute Gasteiger partial charge is 0.344 e. The molecule has 0 bridgehead atoms. The Morgan fingerprint density at radius 1 is 0.933 bits per heavy atom. The number of pyridine rings is 2. The molecule has 6 rings (SSSR count). The molecule has 6 heteroatoms. The highest BCUT2D eigenvalue weighted by molar-refractivity contribution is 5.83. The average Bonchev–Trinajstić information content (AvgIpc) is 3.55. The Morgan fingerprint density at radius 3 is 2.77 bits per heavy atom. The lowest BCUT2D eigenvalue weighted by atomic mass is 10.0. The average molecular weight is 392 g/mol. The van der Waals surface area contributed by atoms with Gasteiger partial charge < -0.3 is 9.47 Å². The zero-order valence-electron chi connectivity index (χ0n) is 16.4. The van der Waals surface area contributed by atoms with Crippen LogP contribution in [-0.4, -0.2) is 31.3 Å².